The van der Waals surface area contributed by atoms with Crippen LogP contribution in [0, 0.1) is 0 Å². The lowest BCUT2D eigenvalue weighted by atomic mass is 9.73. The zero-order chi connectivity index (χ0) is 21.3. The van der Waals surface area contributed by atoms with Crippen molar-refractivity contribution in [1.82, 2.24) is 0 Å². The number of benzene rings is 4. The number of hydrogen-bond acceptors (Lipinski definition) is 2. The molecule has 0 heterocycles. The first-order valence-electron chi connectivity index (χ1n) is 10.9. The molecule has 4 aromatic carbocycles. The standard InChI is InChI=1S/C29H26S2/c30-17-15-29(16-18-31)27-19-23(21-7-3-1-4-8-21)11-13-25(27)26-14-12-24(20-28(26)29)22-9-5-2-6-10-22/h1-14,19-20,30-31H,15-18H2. The van der Waals surface area contributed by atoms with Crippen LogP contribution in [0.4, 0.5) is 0 Å². The van der Waals surface area contributed by atoms with Gasteiger partial charge in [-0.2, -0.15) is 25.3 Å². The fraction of sp³-hybridized carbons (Fsp3) is 0.172. The number of hydrogen-bond donors (Lipinski definition) is 2. The summed E-state index contributed by atoms with van der Waals surface area (Å²) in [6.45, 7) is 0. The highest BCUT2D eigenvalue weighted by Gasteiger charge is 2.42. The highest BCUT2D eigenvalue weighted by atomic mass is 32.1. The van der Waals surface area contributed by atoms with Gasteiger partial charge in [0.1, 0.15) is 0 Å². The summed E-state index contributed by atoms with van der Waals surface area (Å²) in [5.41, 5.74) is 10.6. The highest BCUT2D eigenvalue weighted by Crippen LogP contribution is 2.54. The second kappa shape index (κ2) is 8.61. The predicted molar refractivity (Wildman–Crippen MR) is 140 cm³/mol. The lowest BCUT2D eigenvalue weighted by Crippen LogP contribution is -2.27. The van der Waals surface area contributed by atoms with Crippen LogP contribution in [0.5, 0.6) is 0 Å². The average molecular weight is 439 g/mol. The summed E-state index contributed by atoms with van der Waals surface area (Å²) >= 11 is 9.39. The average Bonchev–Trinajstić information content (AvgIpc) is 3.09. The molecule has 0 amide bonds. The van der Waals surface area contributed by atoms with Gasteiger partial charge in [-0.05, 0) is 81.0 Å². The normalized spacial score (nSPS) is 13.6. The van der Waals surface area contributed by atoms with E-state index in [1.807, 2.05) is 0 Å². The van der Waals surface area contributed by atoms with Crippen LogP contribution >= 0.6 is 25.3 Å². The number of fused-ring (bicyclic) bond motifs is 3. The summed E-state index contributed by atoms with van der Waals surface area (Å²) in [5, 5.41) is 0. The van der Waals surface area contributed by atoms with Crippen molar-refractivity contribution in [3.05, 3.63) is 108 Å². The Labute approximate surface area is 196 Å². The third-order valence-corrected chi connectivity index (χ3v) is 7.10. The largest absolute Gasteiger partial charge is 0.179 e. The third kappa shape index (κ3) is 3.52. The van der Waals surface area contributed by atoms with Gasteiger partial charge in [-0.1, -0.05) is 84.9 Å². The molecule has 1 aliphatic rings. The van der Waals surface area contributed by atoms with Gasteiger partial charge in [-0.25, -0.2) is 0 Å². The van der Waals surface area contributed by atoms with E-state index in [2.05, 4.69) is 97.1 Å². The maximum atomic E-state index is 4.69. The van der Waals surface area contributed by atoms with E-state index >= 15 is 0 Å². The zero-order valence-corrected chi connectivity index (χ0v) is 19.2. The van der Waals surface area contributed by atoms with Crippen molar-refractivity contribution < 1.29 is 0 Å². The summed E-state index contributed by atoms with van der Waals surface area (Å²) in [7, 11) is 0. The van der Waals surface area contributed by atoms with E-state index in [9.17, 15) is 0 Å². The molecule has 0 spiro atoms. The minimum atomic E-state index is -0.0518. The molecule has 0 unspecified atom stereocenters. The molecular weight excluding hydrogens is 412 g/mol. The van der Waals surface area contributed by atoms with Crippen molar-refractivity contribution in [2.24, 2.45) is 0 Å². The lowest BCUT2D eigenvalue weighted by molar-refractivity contribution is 0.500. The van der Waals surface area contributed by atoms with E-state index in [1.54, 1.807) is 0 Å². The summed E-state index contributed by atoms with van der Waals surface area (Å²) in [4.78, 5) is 0. The van der Waals surface area contributed by atoms with Crippen molar-refractivity contribution in [3.63, 3.8) is 0 Å². The first-order valence-corrected chi connectivity index (χ1v) is 12.2. The van der Waals surface area contributed by atoms with Crippen LogP contribution in [0.25, 0.3) is 33.4 Å². The van der Waals surface area contributed by atoms with Crippen LogP contribution in [0.2, 0.25) is 0 Å². The summed E-state index contributed by atoms with van der Waals surface area (Å²) in [5.74, 6) is 1.69. The van der Waals surface area contributed by atoms with Crippen LogP contribution < -0.4 is 0 Å². The molecule has 0 bridgehead atoms. The van der Waals surface area contributed by atoms with Crippen molar-refractivity contribution >= 4 is 25.3 Å². The monoisotopic (exact) mass is 438 g/mol. The van der Waals surface area contributed by atoms with Crippen molar-refractivity contribution in [2.45, 2.75) is 18.3 Å². The second-order valence-electron chi connectivity index (χ2n) is 8.28. The van der Waals surface area contributed by atoms with E-state index < -0.39 is 0 Å². The second-order valence-corrected chi connectivity index (χ2v) is 9.18. The van der Waals surface area contributed by atoms with Gasteiger partial charge >= 0.3 is 0 Å². The Morgan fingerprint density at radius 2 is 0.903 bits per heavy atom. The Morgan fingerprint density at radius 3 is 1.29 bits per heavy atom. The van der Waals surface area contributed by atoms with Gasteiger partial charge < -0.3 is 0 Å². The van der Waals surface area contributed by atoms with Crippen LogP contribution in [0.1, 0.15) is 24.0 Å². The molecule has 0 radical (unpaired) electrons. The van der Waals surface area contributed by atoms with Crippen molar-refractivity contribution in [1.29, 1.82) is 0 Å². The molecular formula is C29H26S2. The summed E-state index contributed by atoms with van der Waals surface area (Å²) in [6, 6.07) is 35.3. The number of thiol groups is 2. The Hall–Kier alpha value is -2.42. The van der Waals surface area contributed by atoms with Crippen molar-refractivity contribution in [2.75, 3.05) is 11.5 Å². The van der Waals surface area contributed by atoms with Gasteiger partial charge in [0.15, 0.2) is 0 Å². The van der Waals surface area contributed by atoms with E-state index in [-0.39, 0.29) is 5.41 Å². The molecule has 0 atom stereocenters. The van der Waals surface area contributed by atoms with E-state index in [4.69, 9.17) is 25.3 Å². The fourth-order valence-corrected chi connectivity index (χ4v) is 5.92. The van der Waals surface area contributed by atoms with Gasteiger partial charge in [0.05, 0.1) is 0 Å². The van der Waals surface area contributed by atoms with Crippen LogP contribution in [0.15, 0.2) is 97.1 Å². The third-order valence-electron chi connectivity index (χ3n) is 6.65. The molecule has 0 nitrogen and oxygen atoms in total. The van der Waals surface area contributed by atoms with Crippen molar-refractivity contribution in [3.8, 4) is 33.4 Å². The van der Waals surface area contributed by atoms with Crippen LogP contribution in [-0.4, -0.2) is 11.5 Å². The zero-order valence-electron chi connectivity index (χ0n) is 17.5. The minimum absolute atomic E-state index is 0.0518. The predicted octanol–water partition coefficient (Wildman–Crippen LogP) is 7.93. The molecule has 0 fully saturated rings. The molecule has 5 rings (SSSR count). The van der Waals surface area contributed by atoms with Crippen LogP contribution in [-0.2, 0) is 5.41 Å². The Kier molecular flexibility index (Phi) is 5.69. The Bertz CT molecular complexity index is 1100. The minimum Gasteiger partial charge on any atom is -0.179 e. The molecule has 154 valence electrons. The van der Waals surface area contributed by atoms with Gasteiger partial charge in [0, 0.05) is 5.41 Å². The smallest absolute Gasteiger partial charge is 0.0231 e. The highest BCUT2D eigenvalue weighted by molar-refractivity contribution is 7.80. The van der Waals surface area contributed by atoms with E-state index in [1.165, 1.54) is 44.5 Å². The van der Waals surface area contributed by atoms with Gasteiger partial charge in [0.2, 0.25) is 0 Å². The molecule has 4 aromatic rings. The van der Waals surface area contributed by atoms with Gasteiger partial charge in [-0.3, -0.25) is 0 Å². The first kappa shape index (κ1) is 20.5. The Balaban J connectivity index is 1.72. The van der Waals surface area contributed by atoms with Crippen LogP contribution in [0.3, 0.4) is 0 Å². The first-order chi connectivity index (χ1) is 15.3. The van der Waals surface area contributed by atoms with E-state index in [0.29, 0.717) is 0 Å². The Morgan fingerprint density at radius 1 is 0.484 bits per heavy atom. The molecule has 0 saturated heterocycles. The van der Waals surface area contributed by atoms with E-state index in [0.717, 1.165) is 24.3 Å². The molecule has 0 aromatic heterocycles. The fourth-order valence-electron chi connectivity index (χ4n) is 5.16. The molecule has 31 heavy (non-hydrogen) atoms. The van der Waals surface area contributed by atoms with Gasteiger partial charge in [-0.15, -0.1) is 0 Å². The molecule has 0 aliphatic heterocycles. The topological polar surface area (TPSA) is 0 Å². The molecule has 0 saturated carbocycles. The number of rotatable bonds is 6. The quantitative estimate of drug-likeness (QED) is 0.281. The maximum absolute atomic E-state index is 4.69. The molecule has 1 aliphatic carbocycles. The SMILES string of the molecule is SCCC1(CCS)c2cc(-c3ccccc3)ccc2-c2ccc(-c3ccccc3)cc21. The molecule has 2 heteroatoms. The lowest BCUT2D eigenvalue weighted by Gasteiger charge is -2.32. The summed E-state index contributed by atoms with van der Waals surface area (Å²) < 4.78 is 0. The summed E-state index contributed by atoms with van der Waals surface area (Å²) in [6.07, 6.45) is 2.01. The molecule has 0 N–H and O–H groups in total. The van der Waals surface area contributed by atoms with Gasteiger partial charge in [0.25, 0.3) is 0 Å². The maximum Gasteiger partial charge on any atom is 0.0231 e.